The summed E-state index contributed by atoms with van der Waals surface area (Å²) in [6.45, 7) is 7.31. The lowest BCUT2D eigenvalue weighted by atomic mass is 10.2. The van der Waals surface area contributed by atoms with E-state index < -0.39 is 0 Å². The standard InChI is InChI=1S/C14H23N3O/c1-4-11(3)17(5-2)14(18)16-13-8-6-7-12(9-13)10-15/h6-9,11H,4-5,10,15H2,1-3H3,(H,16,18). The molecule has 18 heavy (non-hydrogen) atoms. The number of hydrogen-bond donors (Lipinski definition) is 2. The van der Waals surface area contributed by atoms with Crippen LogP contribution in [0.5, 0.6) is 0 Å². The molecule has 4 heteroatoms. The summed E-state index contributed by atoms with van der Waals surface area (Å²) in [4.78, 5) is 14.0. The number of rotatable bonds is 5. The van der Waals surface area contributed by atoms with Crippen molar-refractivity contribution in [2.45, 2.75) is 39.8 Å². The van der Waals surface area contributed by atoms with Crippen molar-refractivity contribution < 1.29 is 4.79 Å². The van der Waals surface area contributed by atoms with Gasteiger partial charge in [-0.25, -0.2) is 4.79 Å². The smallest absolute Gasteiger partial charge is 0.322 e. The number of urea groups is 1. The number of nitrogens with one attached hydrogen (secondary N) is 1. The molecule has 0 fully saturated rings. The lowest BCUT2D eigenvalue weighted by molar-refractivity contribution is 0.195. The zero-order chi connectivity index (χ0) is 13.5. The molecular formula is C14H23N3O. The van der Waals surface area contributed by atoms with Gasteiger partial charge in [-0.05, 0) is 38.0 Å². The monoisotopic (exact) mass is 249 g/mol. The average molecular weight is 249 g/mol. The molecule has 1 aromatic carbocycles. The Kier molecular flexibility index (Phi) is 5.65. The Bertz CT molecular complexity index is 392. The van der Waals surface area contributed by atoms with E-state index in [0.29, 0.717) is 13.1 Å². The topological polar surface area (TPSA) is 58.4 Å². The fraction of sp³-hybridized carbons (Fsp3) is 0.500. The first kappa shape index (κ1) is 14.5. The largest absolute Gasteiger partial charge is 0.326 e. The van der Waals surface area contributed by atoms with Gasteiger partial charge < -0.3 is 16.0 Å². The second kappa shape index (κ2) is 7.01. The van der Waals surface area contributed by atoms with Crippen molar-refractivity contribution in [3.05, 3.63) is 29.8 Å². The molecule has 1 atom stereocenters. The minimum absolute atomic E-state index is 0.0546. The molecule has 1 aromatic rings. The van der Waals surface area contributed by atoms with E-state index in [1.807, 2.05) is 36.1 Å². The van der Waals surface area contributed by atoms with Crippen molar-refractivity contribution in [1.29, 1.82) is 0 Å². The van der Waals surface area contributed by atoms with E-state index in [4.69, 9.17) is 5.73 Å². The number of nitrogens with zero attached hydrogens (tertiary/aromatic N) is 1. The van der Waals surface area contributed by atoms with E-state index in [1.54, 1.807) is 0 Å². The van der Waals surface area contributed by atoms with E-state index in [9.17, 15) is 4.79 Å². The molecule has 3 N–H and O–H groups in total. The molecule has 100 valence electrons. The van der Waals surface area contributed by atoms with Crippen LogP contribution in [0.4, 0.5) is 10.5 Å². The summed E-state index contributed by atoms with van der Waals surface area (Å²) in [6, 6.07) is 7.82. The molecule has 0 aliphatic carbocycles. The molecule has 0 saturated heterocycles. The third-order valence-electron chi connectivity index (χ3n) is 3.14. The molecular weight excluding hydrogens is 226 g/mol. The van der Waals surface area contributed by atoms with Gasteiger partial charge in [-0.3, -0.25) is 0 Å². The minimum Gasteiger partial charge on any atom is -0.326 e. The Morgan fingerprint density at radius 1 is 1.44 bits per heavy atom. The van der Waals surface area contributed by atoms with Crippen LogP contribution in [-0.4, -0.2) is 23.5 Å². The first-order chi connectivity index (χ1) is 8.62. The molecule has 0 radical (unpaired) electrons. The van der Waals surface area contributed by atoms with E-state index >= 15 is 0 Å². The molecule has 0 saturated carbocycles. The second-order valence-corrected chi connectivity index (χ2v) is 4.38. The van der Waals surface area contributed by atoms with Crippen LogP contribution in [0.25, 0.3) is 0 Å². The second-order valence-electron chi connectivity index (χ2n) is 4.38. The van der Waals surface area contributed by atoms with E-state index in [-0.39, 0.29) is 12.1 Å². The zero-order valence-corrected chi connectivity index (χ0v) is 11.4. The fourth-order valence-corrected chi connectivity index (χ4v) is 1.85. The molecule has 0 spiro atoms. The minimum atomic E-state index is -0.0546. The number of carbonyl (C=O) groups excluding carboxylic acids is 1. The number of nitrogens with two attached hydrogens (primary N) is 1. The molecule has 2 amide bonds. The predicted octanol–water partition coefficient (Wildman–Crippen LogP) is 2.80. The van der Waals surface area contributed by atoms with Crippen molar-refractivity contribution >= 4 is 11.7 Å². The Hall–Kier alpha value is -1.55. The lowest BCUT2D eigenvalue weighted by Crippen LogP contribution is -2.41. The van der Waals surface area contributed by atoms with Gasteiger partial charge in [0.1, 0.15) is 0 Å². The van der Waals surface area contributed by atoms with Crippen molar-refractivity contribution in [1.82, 2.24) is 4.90 Å². The number of amides is 2. The first-order valence-corrected chi connectivity index (χ1v) is 6.49. The molecule has 0 aromatic heterocycles. The highest BCUT2D eigenvalue weighted by Gasteiger charge is 2.16. The van der Waals surface area contributed by atoms with Gasteiger partial charge >= 0.3 is 6.03 Å². The highest BCUT2D eigenvalue weighted by Crippen LogP contribution is 2.12. The van der Waals surface area contributed by atoms with Crippen molar-refractivity contribution in [3.8, 4) is 0 Å². The summed E-state index contributed by atoms with van der Waals surface area (Å²) in [5, 5.41) is 2.91. The van der Waals surface area contributed by atoms with Crippen LogP contribution in [0.2, 0.25) is 0 Å². The van der Waals surface area contributed by atoms with Crippen LogP contribution < -0.4 is 11.1 Å². The number of hydrogen-bond acceptors (Lipinski definition) is 2. The van der Waals surface area contributed by atoms with Crippen molar-refractivity contribution in [3.63, 3.8) is 0 Å². The summed E-state index contributed by atoms with van der Waals surface area (Å²) in [5.74, 6) is 0. The maximum atomic E-state index is 12.1. The van der Waals surface area contributed by atoms with Gasteiger partial charge in [0, 0.05) is 24.8 Å². The van der Waals surface area contributed by atoms with Gasteiger partial charge in [0.2, 0.25) is 0 Å². The van der Waals surface area contributed by atoms with Crippen molar-refractivity contribution in [2.24, 2.45) is 5.73 Å². The SMILES string of the molecule is CCC(C)N(CC)C(=O)Nc1cccc(CN)c1. The number of anilines is 1. The highest BCUT2D eigenvalue weighted by molar-refractivity contribution is 5.89. The predicted molar refractivity (Wildman–Crippen MR) is 75.5 cm³/mol. The first-order valence-electron chi connectivity index (χ1n) is 6.49. The van der Waals surface area contributed by atoms with Gasteiger partial charge in [0.25, 0.3) is 0 Å². The highest BCUT2D eigenvalue weighted by atomic mass is 16.2. The quantitative estimate of drug-likeness (QED) is 0.843. The molecule has 4 nitrogen and oxygen atoms in total. The van der Waals surface area contributed by atoms with Gasteiger partial charge in [-0.15, -0.1) is 0 Å². The third-order valence-corrected chi connectivity index (χ3v) is 3.14. The number of benzene rings is 1. The Morgan fingerprint density at radius 2 is 2.17 bits per heavy atom. The van der Waals surface area contributed by atoms with Crippen LogP contribution in [0.3, 0.4) is 0 Å². The van der Waals surface area contributed by atoms with E-state index in [0.717, 1.165) is 17.7 Å². The van der Waals surface area contributed by atoms with Crippen LogP contribution in [-0.2, 0) is 6.54 Å². The zero-order valence-electron chi connectivity index (χ0n) is 11.4. The average Bonchev–Trinajstić information content (AvgIpc) is 2.39. The maximum absolute atomic E-state index is 12.1. The summed E-state index contributed by atoms with van der Waals surface area (Å²) >= 11 is 0. The maximum Gasteiger partial charge on any atom is 0.322 e. The normalized spacial score (nSPS) is 12.0. The lowest BCUT2D eigenvalue weighted by Gasteiger charge is -2.27. The van der Waals surface area contributed by atoms with Crippen molar-refractivity contribution in [2.75, 3.05) is 11.9 Å². The fourth-order valence-electron chi connectivity index (χ4n) is 1.85. The van der Waals surface area contributed by atoms with Crippen LogP contribution in [0.15, 0.2) is 24.3 Å². The summed E-state index contributed by atoms with van der Waals surface area (Å²) < 4.78 is 0. The molecule has 0 aliphatic heterocycles. The van der Waals surface area contributed by atoms with Gasteiger partial charge in [-0.1, -0.05) is 19.1 Å². The third kappa shape index (κ3) is 3.74. The van der Waals surface area contributed by atoms with Gasteiger partial charge in [0.15, 0.2) is 0 Å². The van der Waals surface area contributed by atoms with E-state index in [1.165, 1.54) is 0 Å². The molecule has 0 aliphatic rings. The molecule has 1 unspecified atom stereocenters. The van der Waals surface area contributed by atoms with Gasteiger partial charge in [0.05, 0.1) is 0 Å². The molecule has 1 rings (SSSR count). The Labute approximate surface area is 109 Å². The van der Waals surface area contributed by atoms with Crippen LogP contribution in [0, 0.1) is 0 Å². The number of carbonyl (C=O) groups is 1. The Balaban J connectivity index is 2.73. The van der Waals surface area contributed by atoms with E-state index in [2.05, 4.69) is 19.2 Å². The van der Waals surface area contributed by atoms with Gasteiger partial charge in [-0.2, -0.15) is 0 Å². The van der Waals surface area contributed by atoms with Crippen LogP contribution >= 0.6 is 0 Å². The summed E-state index contributed by atoms with van der Waals surface area (Å²) in [6.07, 6.45) is 0.949. The Morgan fingerprint density at radius 3 is 2.72 bits per heavy atom. The molecule has 0 heterocycles. The van der Waals surface area contributed by atoms with Crippen LogP contribution in [0.1, 0.15) is 32.8 Å². The summed E-state index contributed by atoms with van der Waals surface area (Å²) in [5.41, 5.74) is 7.39. The molecule has 0 bridgehead atoms. The summed E-state index contributed by atoms with van der Waals surface area (Å²) in [7, 11) is 0.